The number of phenols is 1. The Bertz CT molecular complexity index is 757. The molecule has 6 heteroatoms. The van der Waals surface area contributed by atoms with Crippen LogP contribution in [0.1, 0.15) is 17.9 Å². The fourth-order valence-electron chi connectivity index (χ4n) is 2.81. The Morgan fingerprint density at radius 3 is 2.71 bits per heavy atom. The van der Waals surface area contributed by atoms with Crippen LogP contribution in [-0.4, -0.2) is 25.2 Å². The third kappa shape index (κ3) is 3.12. The largest absolute Gasteiger partial charge is 0.506 e. The number of para-hydroxylation sites is 1. The zero-order valence-electron chi connectivity index (χ0n) is 13.4. The van der Waals surface area contributed by atoms with Crippen molar-refractivity contribution < 1.29 is 19.4 Å². The minimum absolute atomic E-state index is 0.0491. The fourth-order valence-corrected chi connectivity index (χ4v) is 3.03. The smallest absolute Gasteiger partial charge is 0.228 e. The maximum Gasteiger partial charge on any atom is 0.228 e. The second-order valence-corrected chi connectivity index (χ2v) is 6.09. The average molecular weight is 348 g/mol. The van der Waals surface area contributed by atoms with Crippen LogP contribution in [0.2, 0.25) is 5.02 Å². The van der Waals surface area contributed by atoms with Gasteiger partial charge in [0, 0.05) is 17.4 Å². The minimum atomic E-state index is -0.193. The molecule has 0 aromatic heterocycles. The first-order chi connectivity index (χ1) is 11.5. The quantitative estimate of drug-likeness (QED) is 0.807. The zero-order chi connectivity index (χ0) is 17.3. The molecule has 2 atom stereocenters. The molecule has 1 aliphatic rings. The van der Waals surface area contributed by atoms with E-state index >= 15 is 0 Å². The molecule has 1 aliphatic carbocycles. The highest BCUT2D eigenvalue weighted by atomic mass is 35.5. The van der Waals surface area contributed by atoms with Crippen molar-refractivity contribution in [3.8, 4) is 17.2 Å². The van der Waals surface area contributed by atoms with Crippen LogP contribution >= 0.6 is 11.6 Å². The Kier molecular flexibility index (Phi) is 4.53. The number of hydrogen-bond acceptors (Lipinski definition) is 4. The van der Waals surface area contributed by atoms with Crippen LogP contribution in [0.25, 0.3) is 0 Å². The summed E-state index contributed by atoms with van der Waals surface area (Å²) < 4.78 is 10.6. The van der Waals surface area contributed by atoms with Crippen molar-refractivity contribution in [3.05, 3.63) is 47.0 Å². The summed E-state index contributed by atoms with van der Waals surface area (Å²) in [5, 5.41) is 12.9. The Hall–Kier alpha value is -2.40. The molecule has 0 saturated heterocycles. The van der Waals surface area contributed by atoms with Gasteiger partial charge in [0.15, 0.2) is 0 Å². The standard InChI is InChI=1S/C18H18ClNO4/c1-23-10-6-7-16(24-2)12(8-10)11-9-13(11)18(22)20-17-14(19)4-3-5-15(17)21/h3-8,11,13,21H,9H2,1-2H3,(H,20,22). The molecular formula is C18H18ClNO4. The van der Waals surface area contributed by atoms with Gasteiger partial charge in [0.25, 0.3) is 0 Å². The molecule has 2 aromatic rings. The van der Waals surface area contributed by atoms with Crippen molar-refractivity contribution in [2.75, 3.05) is 19.5 Å². The van der Waals surface area contributed by atoms with E-state index in [4.69, 9.17) is 21.1 Å². The first-order valence-corrected chi connectivity index (χ1v) is 7.93. The second-order valence-electron chi connectivity index (χ2n) is 5.68. The molecule has 0 aliphatic heterocycles. The van der Waals surface area contributed by atoms with Crippen LogP contribution in [0.15, 0.2) is 36.4 Å². The average Bonchev–Trinajstić information content (AvgIpc) is 3.38. The van der Waals surface area contributed by atoms with Gasteiger partial charge in [-0.1, -0.05) is 17.7 Å². The number of nitrogens with one attached hydrogen (secondary N) is 1. The van der Waals surface area contributed by atoms with Gasteiger partial charge in [-0.3, -0.25) is 4.79 Å². The SMILES string of the molecule is COc1ccc(OC)c(C2CC2C(=O)Nc2c(O)cccc2Cl)c1. The first-order valence-electron chi connectivity index (χ1n) is 7.55. The maximum absolute atomic E-state index is 12.5. The van der Waals surface area contributed by atoms with Crippen molar-refractivity contribution in [3.63, 3.8) is 0 Å². The predicted molar refractivity (Wildman–Crippen MR) is 92.1 cm³/mol. The number of ether oxygens (including phenoxy) is 2. The molecule has 0 spiro atoms. The zero-order valence-corrected chi connectivity index (χ0v) is 14.1. The normalized spacial score (nSPS) is 18.8. The van der Waals surface area contributed by atoms with Crippen LogP contribution in [0.3, 0.4) is 0 Å². The van der Waals surface area contributed by atoms with E-state index in [0.717, 1.165) is 17.1 Å². The summed E-state index contributed by atoms with van der Waals surface area (Å²) in [6, 6.07) is 10.3. The summed E-state index contributed by atoms with van der Waals surface area (Å²) in [6.07, 6.45) is 0.709. The highest BCUT2D eigenvalue weighted by Gasteiger charge is 2.45. The van der Waals surface area contributed by atoms with Crippen molar-refractivity contribution >= 4 is 23.2 Å². The van der Waals surface area contributed by atoms with Gasteiger partial charge in [-0.2, -0.15) is 0 Å². The van der Waals surface area contributed by atoms with Crippen LogP contribution < -0.4 is 14.8 Å². The number of carbonyl (C=O) groups excluding carboxylic acids is 1. The van der Waals surface area contributed by atoms with E-state index < -0.39 is 0 Å². The summed E-state index contributed by atoms with van der Waals surface area (Å²) in [4.78, 5) is 12.5. The summed E-state index contributed by atoms with van der Waals surface area (Å²) >= 11 is 6.03. The van der Waals surface area contributed by atoms with Gasteiger partial charge < -0.3 is 19.9 Å². The fraction of sp³-hybridized carbons (Fsp3) is 0.278. The van der Waals surface area contributed by atoms with Gasteiger partial charge in [0.2, 0.25) is 5.91 Å². The highest BCUT2D eigenvalue weighted by Crippen LogP contribution is 2.52. The predicted octanol–water partition coefficient (Wildman–Crippen LogP) is 3.81. The number of aromatic hydroxyl groups is 1. The van der Waals surface area contributed by atoms with Crippen molar-refractivity contribution in [2.45, 2.75) is 12.3 Å². The van der Waals surface area contributed by atoms with E-state index in [1.165, 1.54) is 6.07 Å². The number of halogens is 1. The molecule has 1 amide bonds. The summed E-state index contributed by atoms with van der Waals surface area (Å²) in [6.45, 7) is 0. The molecule has 1 fully saturated rings. The lowest BCUT2D eigenvalue weighted by molar-refractivity contribution is -0.117. The number of carbonyl (C=O) groups is 1. The molecule has 0 bridgehead atoms. The lowest BCUT2D eigenvalue weighted by Gasteiger charge is -2.11. The molecule has 24 heavy (non-hydrogen) atoms. The van der Waals surface area contributed by atoms with Crippen LogP contribution in [0.4, 0.5) is 5.69 Å². The van der Waals surface area contributed by atoms with Gasteiger partial charge in [-0.05, 0) is 36.8 Å². The molecule has 0 radical (unpaired) electrons. The van der Waals surface area contributed by atoms with Crippen molar-refractivity contribution in [2.24, 2.45) is 5.92 Å². The Balaban J connectivity index is 1.77. The second kappa shape index (κ2) is 6.61. The van der Waals surface area contributed by atoms with Gasteiger partial charge in [0.1, 0.15) is 22.9 Å². The van der Waals surface area contributed by atoms with E-state index in [2.05, 4.69) is 5.32 Å². The molecule has 2 N–H and O–H groups in total. The van der Waals surface area contributed by atoms with Gasteiger partial charge in [-0.25, -0.2) is 0 Å². The first kappa shape index (κ1) is 16.5. The number of phenolic OH excluding ortho intramolecular Hbond substituents is 1. The summed E-state index contributed by atoms with van der Waals surface area (Å²) in [5.74, 6) is 1.10. The topological polar surface area (TPSA) is 67.8 Å². The Labute approximate surface area is 145 Å². The molecule has 2 aromatic carbocycles. The molecule has 2 unspecified atom stereocenters. The van der Waals surface area contributed by atoms with E-state index in [0.29, 0.717) is 11.4 Å². The highest BCUT2D eigenvalue weighted by molar-refractivity contribution is 6.34. The van der Waals surface area contributed by atoms with E-state index in [9.17, 15) is 9.90 Å². The molecule has 0 heterocycles. The molecule has 126 valence electrons. The van der Waals surface area contributed by atoms with Crippen molar-refractivity contribution in [1.29, 1.82) is 0 Å². The number of methoxy groups -OCH3 is 2. The third-order valence-electron chi connectivity index (χ3n) is 4.20. The number of amides is 1. The van der Waals surface area contributed by atoms with Gasteiger partial charge >= 0.3 is 0 Å². The molecular weight excluding hydrogens is 330 g/mol. The van der Waals surface area contributed by atoms with Crippen molar-refractivity contribution in [1.82, 2.24) is 0 Å². The number of benzene rings is 2. The van der Waals surface area contributed by atoms with E-state index in [1.807, 2.05) is 18.2 Å². The lowest BCUT2D eigenvalue weighted by atomic mass is 10.1. The molecule has 5 nitrogen and oxygen atoms in total. The maximum atomic E-state index is 12.5. The van der Waals surface area contributed by atoms with Crippen LogP contribution in [0.5, 0.6) is 17.2 Å². The number of rotatable bonds is 5. The summed E-state index contributed by atoms with van der Waals surface area (Å²) in [5.41, 5.74) is 1.19. The third-order valence-corrected chi connectivity index (χ3v) is 4.52. The summed E-state index contributed by atoms with van der Waals surface area (Å²) in [7, 11) is 3.20. The number of anilines is 1. The van der Waals surface area contributed by atoms with Gasteiger partial charge in [-0.15, -0.1) is 0 Å². The van der Waals surface area contributed by atoms with Gasteiger partial charge in [0.05, 0.1) is 19.2 Å². The molecule has 3 rings (SSSR count). The number of hydrogen-bond donors (Lipinski definition) is 2. The molecule has 1 saturated carbocycles. The Morgan fingerprint density at radius 2 is 2.04 bits per heavy atom. The van der Waals surface area contributed by atoms with Crippen LogP contribution in [0, 0.1) is 5.92 Å². The van der Waals surface area contributed by atoms with E-state index in [-0.39, 0.29) is 29.2 Å². The van der Waals surface area contributed by atoms with E-state index in [1.54, 1.807) is 26.4 Å². The van der Waals surface area contributed by atoms with Crippen LogP contribution in [-0.2, 0) is 4.79 Å². The lowest BCUT2D eigenvalue weighted by Crippen LogP contribution is -2.15. The Morgan fingerprint density at radius 1 is 1.25 bits per heavy atom. The monoisotopic (exact) mass is 347 g/mol. The minimum Gasteiger partial charge on any atom is -0.506 e.